The summed E-state index contributed by atoms with van der Waals surface area (Å²) in [7, 11) is 0.477. The minimum Gasteiger partial charge on any atom is -0.726 e. The highest BCUT2D eigenvalue weighted by Crippen LogP contribution is 2.40. The first-order valence-corrected chi connectivity index (χ1v) is 11.4. The van der Waals surface area contributed by atoms with Crippen molar-refractivity contribution >= 4 is 43.5 Å². The smallest absolute Gasteiger partial charge is 0.408 e. The summed E-state index contributed by atoms with van der Waals surface area (Å²) in [4.78, 5) is 1.22. The van der Waals surface area contributed by atoms with Gasteiger partial charge in [-0.05, 0) is 29.4 Å². The Morgan fingerprint density at radius 2 is 1.68 bits per heavy atom. The van der Waals surface area contributed by atoms with E-state index in [4.69, 9.17) is 0 Å². The zero-order valence-electron chi connectivity index (χ0n) is 17.5. The van der Waals surface area contributed by atoms with Crippen LogP contribution >= 0.6 is 11.3 Å². The van der Waals surface area contributed by atoms with Crippen LogP contribution in [0.5, 0.6) is 0 Å². The molecular formula is C21H22N4O4S2. The Balaban J connectivity index is 0.000000401. The molecule has 0 saturated carbocycles. The predicted molar refractivity (Wildman–Crippen MR) is 119 cm³/mol. The summed E-state index contributed by atoms with van der Waals surface area (Å²) in [5.41, 5.74) is 4.29. The molecule has 0 unspecified atom stereocenters. The van der Waals surface area contributed by atoms with Gasteiger partial charge >= 0.3 is 5.13 Å². The fraction of sp³-hybridized carbons (Fsp3) is 0.190. The molecule has 2 heterocycles. The van der Waals surface area contributed by atoms with Crippen molar-refractivity contribution in [1.29, 1.82) is 0 Å². The van der Waals surface area contributed by atoms with Gasteiger partial charge < -0.3 is 9.12 Å². The van der Waals surface area contributed by atoms with Gasteiger partial charge in [0.15, 0.2) is 0 Å². The van der Waals surface area contributed by atoms with Crippen LogP contribution in [0.25, 0.3) is 22.2 Å². The fourth-order valence-corrected chi connectivity index (χ4v) is 3.93. The first kappa shape index (κ1) is 22.8. The average molecular weight is 459 g/mol. The van der Waals surface area contributed by atoms with Gasteiger partial charge in [-0.2, -0.15) is 0 Å². The van der Waals surface area contributed by atoms with Gasteiger partial charge in [0.05, 0.1) is 30.5 Å². The van der Waals surface area contributed by atoms with Crippen molar-refractivity contribution in [3.8, 4) is 11.3 Å². The number of rotatable bonds is 4. The van der Waals surface area contributed by atoms with Crippen LogP contribution in [0.3, 0.4) is 0 Å². The molecule has 0 aliphatic rings. The molecule has 0 saturated heterocycles. The van der Waals surface area contributed by atoms with Crippen LogP contribution in [0.2, 0.25) is 0 Å². The summed E-state index contributed by atoms with van der Waals surface area (Å²) in [6.07, 6.45) is 2.07. The van der Waals surface area contributed by atoms with Crippen molar-refractivity contribution < 1.29 is 21.7 Å². The van der Waals surface area contributed by atoms with E-state index in [0.717, 1.165) is 40.1 Å². The molecular weight excluding hydrogens is 436 g/mol. The largest absolute Gasteiger partial charge is 0.726 e. The molecule has 0 N–H and O–H groups in total. The monoisotopic (exact) mass is 458 g/mol. The van der Waals surface area contributed by atoms with Crippen molar-refractivity contribution in [2.75, 3.05) is 7.11 Å². The lowest BCUT2D eigenvalue weighted by molar-refractivity contribution is -0.654. The second-order valence-electron chi connectivity index (χ2n) is 6.65. The molecule has 4 rings (SSSR count). The molecule has 2 aromatic heterocycles. The van der Waals surface area contributed by atoms with Crippen LogP contribution in [0.15, 0.2) is 71.0 Å². The number of fused-ring (bicyclic) bond motifs is 1. The normalized spacial score (nSPS) is 11.6. The van der Waals surface area contributed by atoms with E-state index >= 15 is 0 Å². The maximum atomic E-state index is 9.22. The van der Waals surface area contributed by atoms with E-state index in [1.54, 1.807) is 11.3 Å². The van der Waals surface area contributed by atoms with Crippen molar-refractivity contribution in [3.63, 3.8) is 0 Å². The second-order valence-corrected chi connectivity index (χ2v) is 9.01. The molecule has 0 bridgehead atoms. The van der Waals surface area contributed by atoms with E-state index in [9.17, 15) is 13.0 Å². The van der Waals surface area contributed by atoms with Crippen LogP contribution in [-0.4, -0.2) is 24.6 Å². The predicted octanol–water partition coefficient (Wildman–Crippen LogP) is 4.55. The van der Waals surface area contributed by atoms with Crippen LogP contribution in [-0.2, 0) is 28.7 Å². The number of aromatic nitrogens is 2. The van der Waals surface area contributed by atoms with Gasteiger partial charge in [0.25, 0.3) is 0 Å². The highest BCUT2D eigenvalue weighted by molar-refractivity contribution is 7.80. The standard InChI is InChI=1S/C20H19N4S.CH4O4S/c1-14-13-23(2)20(25-14)22-21-18-16-11-7-8-12-17(16)24(3)19(18)15-9-5-4-6-10-15;1-5-6(2,3)4/h4-13H,1-3H3;1H3,(H,2,3,4)/q+1;/p-1. The van der Waals surface area contributed by atoms with Gasteiger partial charge in [-0.25, -0.2) is 13.0 Å². The first-order valence-electron chi connectivity index (χ1n) is 9.23. The maximum absolute atomic E-state index is 9.22. The molecule has 0 aliphatic carbocycles. The molecule has 4 aromatic rings. The third-order valence-corrected chi connectivity index (χ3v) is 5.88. The van der Waals surface area contributed by atoms with Crippen molar-refractivity contribution in [1.82, 2.24) is 4.57 Å². The molecule has 0 aliphatic heterocycles. The molecule has 2 aromatic carbocycles. The summed E-state index contributed by atoms with van der Waals surface area (Å²) >= 11 is 1.64. The third kappa shape index (κ3) is 5.42. The number of para-hydroxylation sites is 1. The lowest BCUT2D eigenvalue weighted by Gasteiger charge is -2.04. The van der Waals surface area contributed by atoms with E-state index < -0.39 is 10.4 Å². The Labute approximate surface area is 185 Å². The van der Waals surface area contributed by atoms with Gasteiger partial charge in [-0.3, -0.25) is 4.18 Å². The van der Waals surface area contributed by atoms with E-state index in [-0.39, 0.29) is 0 Å². The van der Waals surface area contributed by atoms with Gasteiger partial charge in [0, 0.05) is 22.9 Å². The molecule has 0 fully saturated rings. The van der Waals surface area contributed by atoms with E-state index in [2.05, 4.69) is 81.6 Å². The van der Waals surface area contributed by atoms with Crippen molar-refractivity contribution in [3.05, 3.63) is 65.7 Å². The molecule has 162 valence electrons. The highest BCUT2D eigenvalue weighted by Gasteiger charge is 2.19. The lowest BCUT2D eigenvalue weighted by Crippen LogP contribution is -2.23. The Morgan fingerprint density at radius 1 is 1.06 bits per heavy atom. The third-order valence-electron chi connectivity index (χ3n) is 4.50. The van der Waals surface area contributed by atoms with Crippen LogP contribution < -0.4 is 4.57 Å². The lowest BCUT2D eigenvalue weighted by atomic mass is 10.1. The molecule has 8 nitrogen and oxygen atoms in total. The van der Waals surface area contributed by atoms with Gasteiger partial charge in [0.2, 0.25) is 10.4 Å². The number of aryl methyl sites for hydroxylation is 3. The van der Waals surface area contributed by atoms with E-state index in [1.165, 1.54) is 4.88 Å². The molecule has 10 heteroatoms. The van der Waals surface area contributed by atoms with Crippen molar-refractivity contribution in [2.24, 2.45) is 24.3 Å². The summed E-state index contributed by atoms with van der Waals surface area (Å²) < 4.78 is 35.2. The van der Waals surface area contributed by atoms with Gasteiger partial charge in [0.1, 0.15) is 11.9 Å². The second kappa shape index (κ2) is 9.48. The number of benzene rings is 2. The SMILES string of the molecule is COS(=O)(=O)[O-].Cc1c[n+](C)c(N=Nc2c(-c3ccccc3)n(C)c3ccccc23)s1. The van der Waals surface area contributed by atoms with Crippen LogP contribution in [0.1, 0.15) is 4.88 Å². The van der Waals surface area contributed by atoms with E-state index in [1.807, 2.05) is 23.7 Å². The molecule has 0 radical (unpaired) electrons. The number of hydrogen-bond donors (Lipinski definition) is 0. The van der Waals surface area contributed by atoms with E-state index in [0.29, 0.717) is 0 Å². The fourth-order valence-electron chi connectivity index (χ4n) is 3.15. The minimum absolute atomic E-state index is 0.808. The first-order chi connectivity index (χ1) is 14.7. The number of nitrogens with zero attached hydrogens (tertiary/aromatic N) is 4. The zero-order valence-corrected chi connectivity index (χ0v) is 19.1. The zero-order chi connectivity index (χ0) is 22.6. The Kier molecular flexibility index (Phi) is 6.96. The summed E-state index contributed by atoms with van der Waals surface area (Å²) in [5, 5.41) is 11.2. The van der Waals surface area contributed by atoms with Gasteiger partial charge in [-0.15, -0.1) is 0 Å². The summed E-state index contributed by atoms with van der Waals surface area (Å²) in [6, 6.07) is 18.7. The number of azo groups is 1. The van der Waals surface area contributed by atoms with Gasteiger partial charge in [-0.1, -0.05) is 48.5 Å². The topological polar surface area (TPSA) is 100.0 Å². The Hall–Kier alpha value is -2.92. The summed E-state index contributed by atoms with van der Waals surface area (Å²) in [5.74, 6) is 0. The minimum atomic E-state index is -4.41. The Morgan fingerprint density at radius 3 is 2.26 bits per heavy atom. The van der Waals surface area contributed by atoms with Crippen LogP contribution in [0.4, 0.5) is 10.8 Å². The maximum Gasteiger partial charge on any atom is 0.408 e. The molecule has 0 atom stereocenters. The highest BCUT2D eigenvalue weighted by atomic mass is 32.3. The van der Waals surface area contributed by atoms with Crippen molar-refractivity contribution in [2.45, 2.75) is 6.92 Å². The molecule has 0 spiro atoms. The number of hydrogen-bond acceptors (Lipinski definition) is 7. The van der Waals surface area contributed by atoms with Crippen LogP contribution in [0, 0.1) is 6.92 Å². The Bertz CT molecular complexity index is 1330. The summed E-state index contributed by atoms with van der Waals surface area (Å²) in [6.45, 7) is 2.08. The quantitative estimate of drug-likeness (QED) is 0.194. The molecule has 31 heavy (non-hydrogen) atoms. The molecule has 0 amide bonds. The number of thiazole rings is 1. The average Bonchev–Trinajstić information content (AvgIpc) is 3.22.